The van der Waals surface area contributed by atoms with Crippen LogP contribution in [0.5, 0.6) is 0 Å². The van der Waals surface area contributed by atoms with E-state index in [0.717, 1.165) is 22.1 Å². The molecule has 0 aliphatic carbocycles. The maximum absolute atomic E-state index is 12.8. The van der Waals surface area contributed by atoms with Gasteiger partial charge in [0.25, 0.3) is 5.91 Å². The fourth-order valence-electron chi connectivity index (χ4n) is 2.10. The monoisotopic (exact) mass is 428 g/mol. The maximum atomic E-state index is 12.8. The van der Waals surface area contributed by atoms with Crippen molar-refractivity contribution in [1.82, 2.24) is 34.5 Å². The van der Waals surface area contributed by atoms with Gasteiger partial charge in [-0.05, 0) is 43.0 Å². The lowest BCUT2D eigenvalue weighted by atomic mass is 10.3. The number of H-pyrrole nitrogens is 1. The highest BCUT2D eigenvalue weighted by Crippen LogP contribution is 2.32. The van der Waals surface area contributed by atoms with Crippen molar-refractivity contribution in [3.63, 3.8) is 0 Å². The first-order valence-corrected chi connectivity index (χ1v) is 10.3. The maximum Gasteiger partial charge on any atom is 0.277 e. The number of aryl methyl sites for hydroxylation is 1. The molecule has 0 spiro atoms. The summed E-state index contributed by atoms with van der Waals surface area (Å²) in [6.07, 6.45) is 4.64. The molecule has 0 aromatic carbocycles. The molecule has 4 rings (SSSR count). The molecule has 0 atom stereocenters. The van der Waals surface area contributed by atoms with Crippen LogP contribution in [0.1, 0.15) is 16.2 Å². The first-order valence-electron chi connectivity index (χ1n) is 7.91. The highest BCUT2D eigenvalue weighted by Gasteiger charge is 2.18. The lowest BCUT2D eigenvalue weighted by molar-refractivity contribution is 0.101. The van der Waals surface area contributed by atoms with E-state index in [4.69, 9.17) is 0 Å². The summed E-state index contributed by atoms with van der Waals surface area (Å²) in [6, 6.07) is 7.56. The SMILES string of the molecule is Cc1ccc(Sc2ccc(Sc3nnc[nH]3)nc2C(=O)Nc2ncns2)cn1. The van der Waals surface area contributed by atoms with Crippen molar-refractivity contribution in [2.24, 2.45) is 0 Å². The Kier molecular flexibility index (Phi) is 5.60. The third-order valence-corrected chi connectivity index (χ3v) is 5.77. The van der Waals surface area contributed by atoms with Crippen molar-refractivity contribution in [3.05, 3.63) is 54.5 Å². The Balaban J connectivity index is 1.64. The van der Waals surface area contributed by atoms with Gasteiger partial charge in [-0.15, -0.1) is 10.2 Å². The number of anilines is 1. The zero-order chi connectivity index (χ0) is 19.3. The topological polar surface area (TPSA) is 122 Å². The number of carbonyl (C=O) groups excluding carboxylic acids is 1. The molecule has 9 nitrogen and oxygen atoms in total. The van der Waals surface area contributed by atoms with Gasteiger partial charge in [0, 0.05) is 33.2 Å². The van der Waals surface area contributed by atoms with Gasteiger partial charge in [-0.1, -0.05) is 11.8 Å². The van der Waals surface area contributed by atoms with Crippen molar-refractivity contribution < 1.29 is 4.79 Å². The second-order valence-corrected chi connectivity index (χ2v) is 8.23. The molecule has 0 unspecified atom stereocenters. The first kappa shape index (κ1) is 18.5. The minimum Gasteiger partial charge on any atom is -0.322 e. The van der Waals surface area contributed by atoms with Crippen LogP contribution in [-0.4, -0.2) is 40.4 Å². The van der Waals surface area contributed by atoms with Crippen LogP contribution in [0.3, 0.4) is 0 Å². The third kappa shape index (κ3) is 4.52. The molecule has 12 heteroatoms. The van der Waals surface area contributed by atoms with Crippen LogP contribution in [0.4, 0.5) is 5.13 Å². The van der Waals surface area contributed by atoms with Gasteiger partial charge >= 0.3 is 0 Å². The molecule has 4 aromatic rings. The number of amides is 1. The van der Waals surface area contributed by atoms with Crippen molar-refractivity contribution in [3.8, 4) is 0 Å². The number of nitrogens with zero attached hydrogens (tertiary/aromatic N) is 6. The van der Waals surface area contributed by atoms with E-state index >= 15 is 0 Å². The van der Waals surface area contributed by atoms with E-state index in [-0.39, 0.29) is 11.6 Å². The summed E-state index contributed by atoms with van der Waals surface area (Å²) < 4.78 is 3.89. The Morgan fingerprint density at radius 2 is 2.11 bits per heavy atom. The van der Waals surface area contributed by atoms with Crippen molar-refractivity contribution in [1.29, 1.82) is 0 Å². The van der Waals surface area contributed by atoms with E-state index in [1.54, 1.807) is 6.20 Å². The van der Waals surface area contributed by atoms with E-state index in [1.807, 2.05) is 31.2 Å². The lowest BCUT2D eigenvalue weighted by Crippen LogP contribution is -2.15. The number of nitrogens with one attached hydrogen (secondary N) is 2. The molecule has 0 fully saturated rings. The molecule has 1 amide bonds. The normalized spacial score (nSPS) is 10.8. The minimum absolute atomic E-state index is 0.283. The molecule has 0 bridgehead atoms. The van der Waals surface area contributed by atoms with Crippen LogP contribution in [0.15, 0.2) is 63.1 Å². The quantitative estimate of drug-likeness (QED) is 0.476. The summed E-state index contributed by atoms with van der Waals surface area (Å²) >= 11 is 3.80. The predicted molar refractivity (Wildman–Crippen MR) is 106 cm³/mol. The number of pyridine rings is 2. The fraction of sp³-hybridized carbons (Fsp3) is 0.0625. The summed E-state index contributed by atoms with van der Waals surface area (Å²) in [6.45, 7) is 1.92. The molecule has 0 radical (unpaired) electrons. The molecule has 0 saturated heterocycles. The van der Waals surface area contributed by atoms with E-state index in [2.05, 4.69) is 39.8 Å². The van der Waals surface area contributed by atoms with Gasteiger partial charge in [-0.2, -0.15) is 4.37 Å². The molecule has 2 N–H and O–H groups in total. The van der Waals surface area contributed by atoms with E-state index in [9.17, 15) is 4.79 Å². The van der Waals surface area contributed by atoms with Gasteiger partial charge < -0.3 is 4.98 Å². The summed E-state index contributed by atoms with van der Waals surface area (Å²) in [5.41, 5.74) is 1.21. The number of rotatable bonds is 6. The summed E-state index contributed by atoms with van der Waals surface area (Å²) in [4.78, 5) is 30.1. The van der Waals surface area contributed by atoms with Crippen molar-refractivity contribution in [2.75, 3.05) is 5.32 Å². The van der Waals surface area contributed by atoms with Crippen LogP contribution in [0.25, 0.3) is 0 Å². The molecule has 0 saturated carbocycles. The predicted octanol–water partition coefficient (Wildman–Crippen LogP) is 3.31. The van der Waals surface area contributed by atoms with E-state index < -0.39 is 0 Å². The van der Waals surface area contributed by atoms with Gasteiger partial charge in [0.05, 0.1) is 0 Å². The molecule has 4 heterocycles. The highest BCUT2D eigenvalue weighted by molar-refractivity contribution is 7.99. The zero-order valence-corrected chi connectivity index (χ0v) is 16.8. The van der Waals surface area contributed by atoms with Crippen LogP contribution < -0.4 is 5.32 Å². The highest BCUT2D eigenvalue weighted by atomic mass is 32.2. The molecule has 4 aromatic heterocycles. The summed E-state index contributed by atoms with van der Waals surface area (Å²) in [7, 11) is 0. The lowest BCUT2D eigenvalue weighted by Gasteiger charge is -2.09. The zero-order valence-electron chi connectivity index (χ0n) is 14.4. The first-order chi connectivity index (χ1) is 13.7. The Morgan fingerprint density at radius 1 is 1.18 bits per heavy atom. The smallest absolute Gasteiger partial charge is 0.277 e. The van der Waals surface area contributed by atoms with Crippen LogP contribution >= 0.6 is 35.1 Å². The molecular formula is C16H12N8OS3. The number of hydrogen-bond acceptors (Lipinski definition) is 10. The Bertz CT molecular complexity index is 1070. The second kappa shape index (κ2) is 8.46. The average molecular weight is 429 g/mol. The number of aromatic amines is 1. The third-order valence-electron chi connectivity index (χ3n) is 3.34. The van der Waals surface area contributed by atoms with E-state index in [1.165, 1.54) is 36.2 Å². The van der Waals surface area contributed by atoms with Crippen LogP contribution in [-0.2, 0) is 0 Å². The number of aromatic nitrogens is 7. The van der Waals surface area contributed by atoms with Crippen molar-refractivity contribution in [2.45, 2.75) is 26.9 Å². The van der Waals surface area contributed by atoms with E-state index in [0.29, 0.717) is 20.2 Å². The fourth-order valence-corrected chi connectivity index (χ4v) is 4.06. The molecule has 0 aliphatic heterocycles. The number of hydrogen-bond donors (Lipinski definition) is 2. The van der Waals surface area contributed by atoms with Crippen molar-refractivity contribution >= 4 is 46.1 Å². The van der Waals surface area contributed by atoms with Gasteiger partial charge in [0.2, 0.25) is 5.13 Å². The van der Waals surface area contributed by atoms with Gasteiger partial charge in [0.15, 0.2) is 5.16 Å². The Morgan fingerprint density at radius 3 is 2.82 bits per heavy atom. The second-order valence-electron chi connectivity index (χ2n) is 5.33. The number of carbonyl (C=O) groups is 1. The van der Waals surface area contributed by atoms with Gasteiger partial charge in [-0.25, -0.2) is 9.97 Å². The summed E-state index contributed by atoms with van der Waals surface area (Å²) in [5, 5.41) is 12.0. The Hall–Kier alpha value is -2.83. The molecule has 0 aliphatic rings. The molecule has 28 heavy (non-hydrogen) atoms. The van der Waals surface area contributed by atoms with Crippen LogP contribution in [0, 0.1) is 6.92 Å². The Labute approximate surface area is 172 Å². The largest absolute Gasteiger partial charge is 0.322 e. The molecule has 140 valence electrons. The standard InChI is InChI=1S/C16H12N8OS3/c1-9-2-3-10(6-17-9)26-11-4-5-12(27-16-18-7-20-24-16)22-13(11)14(25)23-15-19-8-21-28-15/h2-8H,1H3,(H,18,20,24)(H,19,21,23,25). The summed E-state index contributed by atoms with van der Waals surface area (Å²) in [5.74, 6) is -0.362. The average Bonchev–Trinajstić information content (AvgIpc) is 3.39. The van der Waals surface area contributed by atoms with Gasteiger partial charge in [0.1, 0.15) is 23.4 Å². The van der Waals surface area contributed by atoms with Crippen LogP contribution in [0.2, 0.25) is 0 Å². The minimum atomic E-state index is -0.362. The van der Waals surface area contributed by atoms with Gasteiger partial charge in [-0.3, -0.25) is 15.1 Å². The molecular weight excluding hydrogens is 416 g/mol.